The highest BCUT2D eigenvalue weighted by atomic mass is 32.1. The van der Waals surface area contributed by atoms with Crippen LogP contribution >= 0.6 is 11.3 Å². The van der Waals surface area contributed by atoms with Crippen molar-refractivity contribution >= 4 is 34.7 Å². The Hall–Kier alpha value is -3.38. The Labute approximate surface area is 170 Å². The molecule has 2 aromatic carbocycles. The summed E-state index contributed by atoms with van der Waals surface area (Å²) in [4.78, 5) is 52.2. The minimum absolute atomic E-state index is 0.0106. The molecule has 3 aromatic rings. The Kier molecular flexibility index (Phi) is 4.94. The Balaban J connectivity index is 1.60. The summed E-state index contributed by atoms with van der Waals surface area (Å²) in [5.74, 6) is -1.82. The fourth-order valence-corrected chi connectivity index (χ4v) is 4.18. The fraction of sp³-hybridized carbons (Fsp3) is 0.130. The van der Waals surface area contributed by atoms with Crippen LogP contribution in [0, 0.1) is 0 Å². The summed E-state index contributed by atoms with van der Waals surface area (Å²) in [7, 11) is 0. The van der Waals surface area contributed by atoms with Gasteiger partial charge in [-0.05, 0) is 24.6 Å². The number of ketones is 3. The van der Waals surface area contributed by atoms with Gasteiger partial charge in [-0.1, -0.05) is 43.3 Å². The topological polar surface area (TPSA) is 77.5 Å². The van der Waals surface area contributed by atoms with Crippen LogP contribution in [0.5, 0.6) is 0 Å². The molecule has 0 radical (unpaired) electrons. The van der Waals surface area contributed by atoms with Crippen molar-refractivity contribution in [2.24, 2.45) is 0 Å². The Bertz CT molecular complexity index is 1170. The number of carbonyl (C=O) groups is 4. The van der Waals surface area contributed by atoms with E-state index in [4.69, 9.17) is 4.74 Å². The van der Waals surface area contributed by atoms with E-state index in [-0.39, 0.29) is 33.8 Å². The molecule has 0 unspecified atom stereocenters. The van der Waals surface area contributed by atoms with E-state index in [1.165, 1.54) is 29.5 Å². The van der Waals surface area contributed by atoms with Crippen molar-refractivity contribution < 1.29 is 23.9 Å². The van der Waals surface area contributed by atoms with Crippen LogP contribution in [-0.2, 0) is 11.2 Å². The van der Waals surface area contributed by atoms with Crippen LogP contribution in [0.25, 0.3) is 0 Å². The molecule has 6 heteroatoms. The monoisotopic (exact) mass is 404 g/mol. The van der Waals surface area contributed by atoms with Crippen molar-refractivity contribution in [3.63, 3.8) is 0 Å². The number of rotatable bonds is 5. The second-order valence-electron chi connectivity index (χ2n) is 6.55. The van der Waals surface area contributed by atoms with Gasteiger partial charge in [0.1, 0.15) is 0 Å². The molecule has 5 nitrogen and oxygen atoms in total. The molecular formula is C23H16O5S. The van der Waals surface area contributed by atoms with Gasteiger partial charge in [-0.2, -0.15) is 0 Å². The average molecular weight is 404 g/mol. The number of hydrogen-bond acceptors (Lipinski definition) is 6. The third-order valence-corrected chi connectivity index (χ3v) is 6.06. The molecule has 0 amide bonds. The molecule has 29 heavy (non-hydrogen) atoms. The minimum atomic E-state index is -0.803. The van der Waals surface area contributed by atoms with E-state index in [0.717, 1.165) is 11.3 Å². The normalized spacial score (nSPS) is 12.3. The van der Waals surface area contributed by atoms with E-state index < -0.39 is 18.4 Å². The first-order valence-corrected chi connectivity index (χ1v) is 9.93. The third kappa shape index (κ3) is 3.32. The second-order valence-corrected chi connectivity index (χ2v) is 7.72. The van der Waals surface area contributed by atoms with E-state index in [1.807, 2.05) is 13.0 Å². The number of esters is 1. The largest absolute Gasteiger partial charge is 0.454 e. The van der Waals surface area contributed by atoms with Gasteiger partial charge in [0.05, 0.1) is 10.4 Å². The van der Waals surface area contributed by atoms with Gasteiger partial charge in [0.25, 0.3) is 0 Å². The van der Waals surface area contributed by atoms with Crippen molar-refractivity contribution in [3.8, 4) is 0 Å². The molecule has 4 rings (SSSR count). The smallest absolute Gasteiger partial charge is 0.339 e. The highest BCUT2D eigenvalue weighted by molar-refractivity contribution is 7.14. The lowest BCUT2D eigenvalue weighted by Crippen LogP contribution is -2.25. The maximum absolute atomic E-state index is 12.9. The Morgan fingerprint density at radius 1 is 0.862 bits per heavy atom. The SMILES string of the molecule is CCc1ccc(C(=O)COC(=O)c2cccc3c2C(=O)c2ccccc2C3=O)s1. The first-order chi connectivity index (χ1) is 14.0. The second kappa shape index (κ2) is 7.56. The van der Waals surface area contributed by atoms with E-state index in [1.54, 1.807) is 30.3 Å². The van der Waals surface area contributed by atoms with Crippen LogP contribution in [0.2, 0.25) is 0 Å². The first-order valence-electron chi connectivity index (χ1n) is 9.11. The predicted molar refractivity (Wildman–Crippen MR) is 108 cm³/mol. The van der Waals surface area contributed by atoms with Crippen molar-refractivity contribution in [3.05, 3.63) is 92.2 Å². The molecule has 0 aliphatic heterocycles. The number of ether oxygens (including phenoxy) is 1. The standard InChI is InChI=1S/C23H16O5S/c1-2-13-10-11-19(29-13)18(24)12-28-23(27)17-9-5-8-16-20(17)22(26)15-7-4-3-6-14(15)21(16)25/h3-11H,2,12H2,1H3. The average Bonchev–Trinajstić information content (AvgIpc) is 3.24. The highest BCUT2D eigenvalue weighted by Crippen LogP contribution is 2.30. The van der Waals surface area contributed by atoms with Gasteiger partial charge < -0.3 is 4.74 Å². The molecule has 0 atom stereocenters. The lowest BCUT2D eigenvalue weighted by Gasteiger charge is -2.19. The number of hydrogen-bond donors (Lipinski definition) is 0. The molecular weight excluding hydrogens is 388 g/mol. The number of benzene rings is 2. The Morgan fingerprint density at radius 2 is 1.55 bits per heavy atom. The molecule has 144 valence electrons. The van der Waals surface area contributed by atoms with E-state index in [2.05, 4.69) is 0 Å². The quantitative estimate of drug-likeness (QED) is 0.369. The zero-order valence-corrected chi connectivity index (χ0v) is 16.4. The first kappa shape index (κ1) is 19.0. The maximum atomic E-state index is 12.9. The maximum Gasteiger partial charge on any atom is 0.339 e. The van der Waals surface area contributed by atoms with Crippen LogP contribution < -0.4 is 0 Å². The molecule has 0 fully saturated rings. The number of thiophene rings is 1. The van der Waals surface area contributed by atoms with E-state index in [0.29, 0.717) is 10.4 Å². The molecule has 1 aliphatic rings. The Morgan fingerprint density at radius 3 is 2.24 bits per heavy atom. The lowest BCUT2D eigenvalue weighted by molar-refractivity contribution is 0.0474. The number of carbonyl (C=O) groups excluding carboxylic acids is 4. The van der Waals surface area contributed by atoms with Gasteiger partial charge in [0.2, 0.25) is 5.78 Å². The molecule has 1 aliphatic carbocycles. The summed E-state index contributed by atoms with van der Waals surface area (Å²) < 4.78 is 5.18. The summed E-state index contributed by atoms with van der Waals surface area (Å²) in [6.07, 6.45) is 0.825. The molecule has 0 saturated heterocycles. The van der Waals surface area contributed by atoms with Crippen LogP contribution in [0.3, 0.4) is 0 Å². The van der Waals surface area contributed by atoms with Crippen LogP contribution in [-0.4, -0.2) is 29.9 Å². The van der Waals surface area contributed by atoms with Crippen molar-refractivity contribution in [1.29, 1.82) is 0 Å². The molecule has 0 saturated carbocycles. The van der Waals surface area contributed by atoms with Crippen LogP contribution in [0.1, 0.15) is 63.7 Å². The van der Waals surface area contributed by atoms with Crippen molar-refractivity contribution in [1.82, 2.24) is 0 Å². The van der Waals surface area contributed by atoms with Gasteiger partial charge in [-0.3, -0.25) is 14.4 Å². The molecule has 0 N–H and O–H groups in total. The van der Waals surface area contributed by atoms with Gasteiger partial charge in [0, 0.05) is 27.1 Å². The zero-order valence-electron chi connectivity index (χ0n) is 15.6. The summed E-state index contributed by atoms with van der Waals surface area (Å²) >= 11 is 1.36. The number of fused-ring (bicyclic) bond motifs is 2. The molecule has 1 aromatic heterocycles. The van der Waals surface area contributed by atoms with Gasteiger partial charge in [-0.25, -0.2) is 4.79 Å². The summed E-state index contributed by atoms with van der Waals surface area (Å²) in [5.41, 5.74) is 0.754. The molecule has 0 bridgehead atoms. The summed E-state index contributed by atoms with van der Waals surface area (Å²) in [5, 5.41) is 0. The van der Waals surface area contributed by atoms with Gasteiger partial charge in [0.15, 0.2) is 18.2 Å². The van der Waals surface area contributed by atoms with Crippen molar-refractivity contribution in [2.45, 2.75) is 13.3 Å². The fourth-order valence-electron chi connectivity index (χ4n) is 3.31. The van der Waals surface area contributed by atoms with Crippen molar-refractivity contribution in [2.75, 3.05) is 6.61 Å². The molecule has 0 spiro atoms. The van der Waals surface area contributed by atoms with Gasteiger partial charge >= 0.3 is 5.97 Å². The lowest BCUT2D eigenvalue weighted by atomic mass is 9.82. The van der Waals surface area contributed by atoms with Crippen LogP contribution in [0.15, 0.2) is 54.6 Å². The van der Waals surface area contributed by atoms with Crippen LogP contribution in [0.4, 0.5) is 0 Å². The highest BCUT2D eigenvalue weighted by Gasteiger charge is 2.33. The van der Waals surface area contributed by atoms with E-state index >= 15 is 0 Å². The number of aryl methyl sites for hydroxylation is 1. The predicted octanol–water partition coefficient (Wildman–Crippen LogP) is 4.13. The van der Waals surface area contributed by atoms with E-state index in [9.17, 15) is 19.2 Å². The number of Topliss-reactive ketones (excluding diaryl/α,β-unsaturated/α-hetero) is 1. The zero-order chi connectivity index (χ0) is 20.5. The summed E-state index contributed by atoms with van der Waals surface area (Å²) in [6.45, 7) is 1.57. The molecule has 1 heterocycles. The summed E-state index contributed by atoms with van der Waals surface area (Å²) in [6, 6.07) is 14.6. The minimum Gasteiger partial charge on any atom is -0.454 e. The van der Waals surface area contributed by atoms with Gasteiger partial charge in [-0.15, -0.1) is 11.3 Å². The third-order valence-electron chi connectivity index (χ3n) is 4.79.